The highest BCUT2D eigenvalue weighted by atomic mass is 16.5. The number of methoxy groups -OCH3 is 1. The summed E-state index contributed by atoms with van der Waals surface area (Å²) >= 11 is 0. The molecule has 0 radical (unpaired) electrons. The molecule has 0 saturated heterocycles. The molecular weight excluding hydrogens is 302 g/mol. The minimum absolute atomic E-state index is 0.462. The lowest BCUT2D eigenvalue weighted by molar-refractivity contribution is 0.174. The van der Waals surface area contributed by atoms with Gasteiger partial charge in [-0.25, -0.2) is 4.68 Å². The van der Waals surface area contributed by atoms with Crippen LogP contribution < -0.4 is 10.1 Å². The lowest BCUT2D eigenvalue weighted by Crippen LogP contribution is -2.20. The number of benzene rings is 2. The van der Waals surface area contributed by atoms with Crippen LogP contribution in [0.4, 0.5) is 0 Å². The van der Waals surface area contributed by atoms with Gasteiger partial charge in [-0.2, -0.15) is 5.10 Å². The summed E-state index contributed by atoms with van der Waals surface area (Å²) in [4.78, 5) is 0. The first-order valence-electron chi connectivity index (χ1n) is 7.88. The van der Waals surface area contributed by atoms with Crippen molar-refractivity contribution in [2.45, 2.75) is 12.6 Å². The molecule has 0 aliphatic heterocycles. The molecule has 1 unspecified atom stereocenters. The van der Waals surface area contributed by atoms with Gasteiger partial charge in [0.2, 0.25) is 0 Å². The molecule has 0 spiro atoms. The van der Waals surface area contributed by atoms with Crippen molar-refractivity contribution in [3.8, 4) is 11.4 Å². The Kier molecular flexibility index (Phi) is 5.25. The molecule has 0 amide bonds. The first-order chi connectivity index (χ1) is 11.8. The number of para-hydroxylation sites is 1. The fraction of sp³-hybridized carbons (Fsp3) is 0.211. The maximum Gasteiger partial charge on any atom is 0.119 e. The summed E-state index contributed by atoms with van der Waals surface area (Å²) in [5, 5.41) is 17.9. The van der Waals surface area contributed by atoms with Crippen LogP contribution in [-0.4, -0.2) is 28.5 Å². The van der Waals surface area contributed by atoms with Crippen LogP contribution in [0.1, 0.15) is 17.2 Å². The molecule has 2 N–H and O–H groups in total. The van der Waals surface area contributed by atoms with Gasteiger partial charge in [0.05, 0.1) is 25.1 Å². The fourth-order valence-corrected chi connectivity index (χ4v) is 2.49. The van der Waals surface area contributed by atoms with Crippen molar-refractivity contribution in [1.29, 1.82) is 0 Å². The molecule has 2 aromatic carbocycles. The highest BCUT2D eigenvalue weighted by Crippen LogP contribution is 2.18. The van der Waals surface area contributed by atoms with Crippen LogP contribution in [0.5, 0.6) is 5.75 Å². The van der Waals surface area contributed by atoms with Gasteiger partial charge in [0.25, 0.3) is 0 Å². The highest BCUT2D eigenvalue weighted by molar-refractivity contribution is 5.31. The Morgan fingerprint density at radius 2 is 2.00 bits per heavy atom. The zero-order valence-corrected chi connectivity index (χ0v) is 13.6. The summed E-state index contributed by atoms with van der Waals surface area (Å²) in [5.74, 6) is 0.746. The van der Waals surface area contributed by atoms with E-state index >= 15 is 0 Å². The SMILES string of the molecule is COc1cccc(C(O)CNCc2cnn(-c3ccccc3)c2)c1. The summed E-state index contributed by atoms with van der Waals surface area (Å²) < 4.78 is 7.02. The predicted octanol–water partition coefficient (Wildman–Crippen LogP) is 2.70. The molecule has 0 aliphatic carbocycles. The van der Waals surface area contributed by atoms with Gasteiger partial charge >= 0.3 is 0 Å². The molecule has 0 saturated carbocycles. The average Bonchev–Trinajstić information content (AvgIpc) is 3.11. The normalized spacial score (nSPS) is 12.1. The van der Waals surface area contributed by atoms with E-state index in [1.807, 2.05) is 71.7 Å². The molecular formula is C19H21N3O2. The van der Waals surface area contributed by atoms with Crippen molar-refractivity contribution >= 4 is 0 Å². The van der Waals surface area contributed by atoms with Crippen LogP contribution >= 0.6 is 0 Å². The summed E-state index contributed by atoms with van der Waals surface area (Å²) in [7, 11) is 1.62. The molecule has 1 heterocycles. The van der Waals surface area contributed by atoms with Gasteiger partial charge in [0, 0.05) is 24.8 Å². The number of aliphatic hydroxyl groups excluding tert-OH is 1. The molecule has 0 aliphatic rings. The van der Waals surface area contributed by atoms with Gasteiger partial charge in [-0.1, -0.05) is 30.3 Å². The number of ether oxygens (including phenoxy) is 1. The van der Waals surface area contributed by atoms with Gasteiger partial charge in [-0.05, 0) is 29.8 Å². The smallest absolute Gasteiger partial charge is 0.119 e. The largest absolute Gasteiger partial charge is 0.497 e. The number of hydrogen-bond acceptors (Lipinski definition) is 4. The second-order valence-electron chi connectivity index (χ2n) is 5.55. The van der Waals surface area contributed by atoms with Crippen molar-refractivity contribution in [1.82, 2.24) is 15.1 Å². The van der Waals surface area contributed by atoms with Gasteiger partial charge in [-0.3, -0.25) is 0 Å². The molecule has 1 aromatic heterocycles. The van der Waals surface area contributed by atoms with Crippen LogP contribution in [-0.2, 0) is 6.54 Å². The molecule has 1 atom stereocenters. The standard InChI is InChI=1S/C19H21N3O2/c1-24-18-9-5-6-16(10-18)19(23)13-20-11-15-12-21-22(14-15)17-7-3-2-4-8-17/h2-10,12,14,19-20,23H,11,13H2,1H3. The van der Waals surface area contributed by atoms with E-state index in [2.05, 4.69) is 10.4 Å². The Morgan fingerprint density at radius 3 is 2.79 bits per heavy atom. The molecule has 5 nitrogen and oxygen atoms in total. The molecule has 5 heteroatoms. The van der Waals surface area contributed by atoms with Gasteiger partial charge in [0.1, 0.15) is 5.75 Å². The molecule has 3 rings (SSSR count). The number of aromatic nitrogens is 2. The number of hydrogen-bond donors (Lipinski definition) is 2. The minimum atomic E-state index is -0.579. The molecule has 0 bridgehead atoms. The molecule has 24 heavy (non-hydrogen) atoms. The minimum Gasteiger partial charge on any atom is -0.497 e. The van der Waals surface area contributed by atoms with E-state index < -0.39 is 6.10 Å². The molecule has 0 fully saturated rings. The quantitative estimate of drug-likeness (QED) is 0.702. The molecule has 3 aromatic rings. The van der Waals surface area contributed by atoms with Crippen molar-refractivity contribution in [3.05, 3.63) is 78.1 Å². The first kappa shape index (κ1) is 16.2. The zero-order chi connectivity index (χ0) is 16.8. The third-order valence-corrected chi connectivity index (χ3v) is 3.80. The van der Waals surface area contributed by atoms with E-state index in [0.717, 1.165) is 22.6 Å². The van der Waals surface area contributed by atoms with Crippen LogP contribution in [0.15, 0.2) is 67.0 Å². The van der Waals surface area contributed by atoms with Gasteiger partial charge < -0.3 is 15.2 Å². The summed E-state index contributed by atoms with van der Waals surface area (Å²) in [6.45, 7) is 1.11. The summed E-state index contributed by atoms with van der Waals surface area (Å²) in [6, 6.07) is 17.5. The maximum atomic E-state index is 10.3. The van der Waals surface area contributed by atoms with Crippen molar-refractivity contribution < 1.29 is 9.84 Å². The summed E-state index contributed by atoms with van der Waals surface area (Å²) in [6.07, 6.45) is 3.24. The molecule has 124 valence electrons. The lowest BCUT2D eigenvalue weighted by atomic mass is 10.1. The average molecular weight is 323 g/mol. The van der Waals surface area contributed by atoms with E-state index in [4.69, 9.17) is 4.74 Å². The number of rotatable bonds is 7. The number of nitrogens with one attached hydrogen (secondary N) is 1. The van der Waals surface area contributed by atoms with E-state index in [9.17, 15) is 5.11 Å². The van der Waals surface area contributed by atoms with Gasteiger partial charge in [-0.15, -0.1) is 0 Å². The summed E-state index contributed by atoms with van der Waals surface area (Å²) in [5.41, 5.74) is 2.93. The van der Waals surface area contributed by atoms with Crippen molar-refractivity contribution in [2.24, 2.45) is 0 Å². The third-order valence-electron chi connectivity index (χ3n) is 3.80. The van der Waals surface area contributed by atoms with Crippen LogP contribution in [0, 0.1) is 0 Å². The van der Waals surface area contributed by atoms with Gasteiger partial charge in [0.15, 0.2) is 0 Å². The van der Waals surface area contributed by atoms with Crippen molar-refractivity contribution in [3.63, 3.8) is 0 Å². The zero-order valence-electron chi connectivity index (χ0n) is 13.6. The predicted molar refractivity (Wildman–Crippen MR) is 93.2 cm³/mol. The van der Waals surface area contributed by atoms with Crippen LogP contribution in [0.3, 0.4) is 0 Å². The number of aliphatic hydroxyl groups is 1. The Morgan fingerprint density at radius 1 is 1.17 bits per heavy atom. The maximum absolute atomic E-state index is 10.3. The lowest BCUT2D eigenvalue weighted by Gasteiger charge is -2.12. The van der Waals surface area contributed by atoms with E-state index in [1.54, 1.807) is 7.11 Å². The second-order valence-corrected chi connectivity index (χ2v) is 5.55. The van der Waals surface area contributed by atoms with Crippen LogP contribution in [0.2, 0.25) is 0 Å². The monoisotopic (exact) mass is 323 g/mol. The fourth-order valence-electron chi connectivity index (χ4n) is 2.49. The Balaban J connectivity index is 1.54. The topological polar surface area (TPSA) is 59.3 Å². The van der Waals surface area contributed by atoms with Crippen LogP contribution in [0.25, 0.3) is 5.69 Å². The Bertz CT molecular complexity index is 771. The Hall–Kier alpha value is -2.63. The van der Waals surface area contributed by atoms with E-state index in [0.29, 0.717) is 13.1 Å². The highest BCUT2D eigenvalue weighted by Gasteiger charge is 2.08. The Labute approximate surface area is 141 Å². The van der Waals surface area contributed by atoms with E-state index in [-0.39, 0.29) is 0 Å². The number of nitrogens with zero attached hydrogens (tertiary/aromatic N) is 2. The third kappa shape index (κ3) is 4.01. The van der Waals surface area contributed by atoms with Crippen molar-refractivity contribution in [2.75, 3.05) is 13.7 Å². The second kappa shape index (κ2) is 7.77. The van der Waals surface area contributed by atoms with E-state index in [1.165, 1.54) is 0 Å². The first-order valence-corrected chi connectivity index (χ1v) is 7.88.